The molecule has 1 amide bonds. The summed E-state index contributed by atoms with van der Waals surface area (Å²) in [6.07, 6.45) is 3.78. The van der Waals surface area contributed by atoms with Gasteiger partial charge < -0.3 is 10.6 Å². The van der Waals surface area contributed by atoms with Crippen molar-refractivity contribution in [3.8, 4) is 0 Å². The summed E-state index contributed by atoms with van der Waals surface area (Å²) in [5.41, 5.74) is -0.158. The second kappa shape index (κ2) is 6.97. The molecular weight excluding hydrogens is 220 g/mol. The van der Waals surface area contributed by atoms with Crippen molar-refractivity contribution in [1.29, 1.82) is 0 Å². The Morgan fingerprint density at radius 2 is 2.25 bits per heavy atom. The number of nitrogens with one attached hydrogen (secondary N) is 2. The van der Waals surface area contributed by atoms with Gasteiger partial charge in [0.05, 0.1) is 0 Å². The van der Waals surface area contributed by atoms with Crippen molar-refractivity contribution < 1.29 is 4.79 Å². The van der Waals surface area contributed by atoms with Crippen LogP contribution in [0.25, 0.3) is 0 Å². The fraction of sp³-hybridized carbons (Fsp3) is 0.750. The number of hydrogen-bond acceptors (Lipinski definition) is 3. The van der Waals surface area contributed by atoms with Gasteiger partial charge in [-0.05, 0) is 25.9 Å². The molecule has 1 heterocycles. The van der Waals surface area contributed by atoms with Gasteiger partial charge in [-0.15, -0.1) is 6.58 Å². The largest absolute Gasteiger partial charge is 0.355 e. The molecule has 0 unspecified atom stereocenters. The minimum absolute atomic E-state index is 0.158. The number of piperidine rings is 1. The first-order valence-corrected chi connectivity index (χ1v) is 7.02. The van der Waals surface area contributed by atoms with Crippen molar-refractivity contribution in [2.24, 2.45) is 5.41 Å². The second-order valence-corrected chi connectivity index (χ2v) is 5.58. The summed E-state index contributed by atoms with van der Waals surface area (Å²) in [4.78, 5) is 12.0. The van der Waals surface area contributed by atoms with Crippen molar-refractivity contribution in [2.45, 2.75) is 19.8 Å². The molecule has 0 aromatic heterocycles. The molecular formula is C12H22N2OS. The van der Waals surface area contributed by atoms with E-state index < -0.39 is 0 Å². The highest BCUT2D eigenvalue weighted by Crippen LogP contribution is 2.27. The number of carbonyl (C=O) groups excluding carboxylic acids is 1. The summed E-state index contributed by atoms with van der Waals surface area (Å²) in [5.74, 6) is 2.14. The molecule has 16 heavy (non-hydrogen) atoms. The van der Waals surface area contributed by atoms with Crippen LogP contribution in [-0.2, 0) is 4.79 Å². The van der Waals surface area contributed by atoms with E-state index in [4.69, 9.17) is 0 Å². The first kappa shape index (κ1) is 13.6. The third-order valence-corrected chi connectivity index (χ3v) is 3.99. The number of carbonyl (C=O) groups is 1. The first-order chi connectivity index (χ1) is 7.69. The van der Waals surface area contributed by atoms with E-state index in [0.717, 1.165) is 44.0 Å². The van der Waals surface area contributed by atoms with Crippen molar-refractivity contribution in [3.05, 3.63) is 12.7 Å². The summed E-state index contributed by atoms with van der Waals surface area (Å²) < 4.78 is 0. The normalized spacial score (nSPS) is 19.1. The van der Waals surface area contributed by atoms with Crippen LogP contribution in [0.2, 0.25) is 0 Å². The van der Waals surface area contributed by atoms with E-state index in [-0.39, 0.29) is 11.3 Å². The zero-order valence-corrected chi connectivity index (χ0v) is 10.9. The summed E-state index contributed by atoms with van der Waals surface area (Å²) in [5, 5.41) is 6.31. The van der Waals surface area contributed by atoms with Gasteiger partial charge in [0, 0.05) is 23.5 Å². The summed E-state index contributed by atoms with van der Waals surface area (Å²) in [6.45, 7) is 8.40. The zero-order valence-electron chi connectivity index (χ0n) is 10.1. The lowest BCUT2D eigenvalue weighted by Gasteiger charge is -2.32. The molecule has 1 fully saturated rings. The highest BCUT2D eigenvalue weighted by atomic mass is 32.2. The molecule has 0 saturated carbocycles. The predicted octanol–water partition coefficient (Wildman–Crippen LogP) is 1.41. The topological polar surface area (TPSA) is 41.1 Å². The molecule has 1 rings (SSSR count). The summed E-state index contributed by atoms with van der Waals surface area (Å²) in [7, 11) is 0. The van der Waals surface area contributed by atoms with E-state index in [1.807, 2.05) is 6.08 Å². The molecule has 92 valence electrons. The highest BCUT2D eigenvalue weighted by molar-refractivity contribution is 7.99. The van der Waals surface area contributed by atoms with Gasteiger partial charge in [-0.3, -0.25) is 4.79 Å². The Bertz CT molecular complexity index is 237. The fourth-order valence-electron chi connectivity index (χ4n) is 1.82. The second-order valence-electron chi connectivity index (χ2n) is 4.43. The van der Waals surface area contributed by atoms with Crippen LogP contribution in [0.4, 0.5) is 0 Å². The molecule has 4 heteroatoms. The van der Waals surface area contributed by atoms with E-state index in [9.17, 15) is 4.79 Å². The number of amides is 1. The summed E-state index contributed by atoms with van der Waals surface area (Å²) in [6, 6.07) is 0. The van der Waals surface area contributed by atoms with Gasteiger partial charge in [0.2, 0.25) is 5.91 Å². The highest BCUT2D eigenvalue weighted by Gasteiger charge is 2.33. The number of thioether (sulfide) groups is 1. The van der Waals surface area contributed by atoms with Crippen LogP contribution >= 0.6 is 11.8 Å². The lowest BCUT2D eigenvalue weighted by molar-refractivity contribution is -0.131. The average molecular weight is 242 g/mol. The van der Waals surface area contributed by atoms with Gasteiger partial charge in [-0.1, -0.05) is 13.0 Å². The number of hydrogen-bond donors (Lipinski definition) is 2. The molecule has 0 aromatic rings. The van der Waals surface area contributed by atoms with Crippen LogP contribution in [0, 0.1) is 5.41 Å². The Morgan fingerprint density at radius 1 is 1.56 bits per heavy atom. The molecule has 0 aromatic carbocycles. The fourth-order valence-corrected chi connectivity index (χ4v) is 2.40. The maximum Gasteiger partial charge on any atom is 0.226 e. The van der Waals surface area contributed by atoms with Crippen LogP contribution in [-0.4, -0.2) is 37.0 Å². The quantitative estimate of drug-likeness (QED) is 0.546. The predicted molar refractivity (Wildman–Crippen MR) is 70.7 cm³/mol. The van der Waals surface area contributed by atoms with Crippen molar-refractivity contribution in [2.75, 3.05) is 31.1 Å². The Hall–Kier alpha value is -0.480. The third-order valence-electron chi connectivity index (χ3n) is 3.02. The molecule has 1 aliphatic heterocycles. The molecule has 3 nitrogen and oxygen atoms in total. The molecule has 2 N–H and O–H groups in total. The Balaban J connectivity index is 2.20. The van der Waals surface area contributed by atoms with Crippen LogP contribution in [0.1, 0.15) is 19.8 Å². The Labute approximate surface area is 102 Å². The van der Waals surface area contributed by atoms with E-state index in [1.54, 1.807) is 11.8 Å². The van der Waals surface area contributed by atoms with Gasteiger partial charge in [0.15, 0.2) is 0 Å². The van der Waals surface area contributed by atoms with Crippen LogP contribution < -0.4 is 10.6 Å². The van der Waals surface area contributed by atoms with Gasteiger partial charge in [-0.25, -0.2) is 0 Å². The molecule has 0 spiro atoms. The van der Waals surface area contributed by atoms with E-state index in [2.05, 4.69) is 24.1 Å². The van der Waals surface area contributed by atoms with Crippen LogP contribution in [0.5, 0.6) is 0 Å². The smallest absolute Gasteiger partial charge is 0.226 e. The lowest BCUT2D eigenvalue weighted by atomic mass is 9.80. The van der Waals surface area contributed by atoms with E-state index in [1.165, 1.54) is 0 Å². The van der Waals surface area contributed by atoms with Crippen molar-refractivity contribution in [1.82, 2.24) is 10.6 Å². The van der Waals surface area contributed by atoms with Gasteiger partial charge in [0.25, 0.3) is 0 Å². The number of rotatable bonds is 6. The molecule has 0 bridgehead atoms. The maximum atomic E-state index is 12.0. The maximum absolute atomic E-state index is 12.0. The third kappa shape index (κ3) is 4.18. The van der Waals surface area contributed by atoms with Crippen molar-refractivity contribution in [3.63, 3.8) is 0 Å². The molecule has 0 atom stereocenters. The van der Waals surface area contributed by atoms with Crippen molar-refractivity contribution >= 4 is 17.7 Å². The molecule has 1 saturated heterocycles. The van der Waals surface area contributed by atoms with Crippen LogP contribution in [0.15, 0.2) is 12.7 Å². The van der Waals surface area contributed by atoms with Gasteiger partial charge in [-0.2, -0.15) is 11.8 Å². The standard InChI is InChI=1S/C12H22N2OS/c1-3-9-16-10-8-14-11(15)12(2)4-6-13-7-5-12/h3,13H,1,4-10H2,2H3,(H,14,15). The van der Waals surface area contributed by atoms with Crippen LogP contribution in [0.3, 0.4) is 0 Å². The minimum atomic E-state index is -0.158. The Morgan fingerprint density at radius 3 is 2.88 bits per heavy atom. The molecule has 1 aliphatic rings. The zero-order chi connectivity index (χ0) is 11.9. The SMILES string of the molecule is C=CCSCCNC(=O)C1(C)CCNCC1. The van der Waals surface area contributed by atoms with E-state index >= 15 is 0 Å². The molecule has 0 aliphatic carbocycles. The average Bonchev–Trinajstić information content (AvgIpc) is 2.29. The van der Waals surface area contributed by atoms with Gasteiger partial charge in [0.1, 0.15) is 0 Å². The van der Waals surface area contributed by atoms with E-state index in [0.29, 0.717) is 0 Å². The molecule has 0 radical (unpaired) electrons. The first-order valence-electron chi connectivity index (χ1n) is 5.87. The Kier molecular flexibility index (Phi) is 5.91. The summed E-state index contributed by atoms with van der Waals surface area (Å²) >= 11 is 1.80. The lowest BCUT2D eigenvalue weighted by Crippen LogP contribution is -2.46. The van der Waals surface area contributed by atoms with Gasteiger partial charge >= 0.3 is 0 Å². The minimum Gasteiger partial charge on any atom is -0.355 e. The monoisotopic (exact) mass is 242 g/mol.